The van der Waals surface area contributed by atoms with Crippen molar-refractivity contribution in [3.05, 3.63) is 29.5 Å². The Morgan fingerprint density at radius 3 is 2.82 bits per heavy atom. The van der Waals surface area contributed by atoms with Crippen molar-refractivity contribution in [1.82, 2.24) is 15.3 Å². The van der Waals surface area contributed by atoms with Crippen LogP contribution >= 0.6 is 0 Å². The van der Waals surface area contributed by atoms with Crippen LogP contribution < -0.4 is 10.7 Å². The molecule has 22 heavy (non-hydrogen) atoms. The van der Waals surface area contributed by atoms with Gasteiger partial charge in [0.05, 0.1) is 11.8 Å². The van der Waals surface area contributed by atoms with E-state index in [1.54, 1.807) is 23.4 Å². The number of aromatic nitrogens is 1. The Balaban J connectivity index is 2.01. The van der Waals surface area contributed by atoms with Crippen molar-refractivity contribution in [1.29, 1.82) is 0 Å². The van der Waals surface area contributed by atoms with E-state index in [0.29, 0.717) is 24.3 Å². The fourth-order valence-corrected chi connectivity index (χ4v) is 2.58. The number of amides is 3. The number of hydrogen-bond donors (Lipinski definition) is 3. The lowest BCUT2D eigenvalue weighted by atomic mass is 10.1. The summed E-state index contributed by atoms with van der Waals surface area (Å²) in [6.45, 7) is 5.08. The minimum absolute atomic E-state index is 0.186. The van der Waals surface area contributed by atoms with Gasteiger partial charge in [0.1, 0.15) is 0 Å². The molecule has 2 heterocycles. The normalized spacial score (nSPS) is 12.9. The van der Waals surface area contributed by atoms with Crippen molar-refractivity contribution in [3.63, 3.8) is 0 Å². The van der Waals surface area contributed by atoms with Crippen LogP contribution in [0.2, 0.25) is 0 Å². The van der Waals surface area contributed by atoms with E-state index in [4.69, 9.17) is 0 Å². The van der Waals surface area contributed by atoms with Gasteiger partial charge < -0.3 is 15.2 Å². The molecule has 2 aromatic rings. The molecule has 1 aromatic carbocycles. The average molecular weight is 299 g/mol. The molecular weight excluding hydrogens is 282 g/mol. The summed E-state index contributed by atoms with van der Waals surface area (Å²) in [6.07, 6.45) is 3.38. The molecule has 0 unspecified atom stereocenters. The van der Waals surface area contributed by atoms with Crippen LogP contribution in [0.15, 0.2) is 23.4 Å². The third kappa shape index (κ3) is 2.30. The number of hydrogen-bond acceptors (Lipinski definition) is 3. The molecule has 1 aliphatic heterocycles. The summed E-state index contributed by atoms with van der Waals surface area (Å²) in [6, 6.07) is 3.30. The molecule has 0 spiro atoms. The van der Waals surface area contributed by atoms with Gasteiger partial charge in [0, 0.05) is 41.4 Å². The Morgan fingerprint density at radius 1 is 1.32 bits per heavy atom. The molecule has 0 saturated heterocycles. The summed E-state index contributed by atoms with van der Waals surface area (Å²) in [5.41, 5.74) is 5.14. The van der Waals surface area contributed by atoms with E-state index in [9.17, 15) is 9.59 Å². The summed E-state index contributed by atoms with van der Waals surface area (Å²) >= 11 is 0. The molecule has 1 aliphatic rings. The second kappa shape index (κ2) is 5.51. The molecule has 3 rings (SSSR count). The van der Waals surface area contributed by atoms with E-state index < -0.39 is 0 Å². The topological polar surface area (TPSA) is 89.6 Å². The third-order valence-corrected chi connectivity index (χ3v) is 3.73. The van der Waals surface area contributed by atoms with E-state index in [1.807, 2.05) is 19.9 Å². The lowest BCUT2D eigenvalue weighted by molar-refractivity contribution is 0.0957. The molecule has 7 heteroatoms. The monoisotopic (exact) mass is 299 g/mol. The maximum Gasteiger partial charge on any atom is 0.321 e. The van der Waals surface area contributed by atoms with E-state index in [2.05, 4.69) is 20.8 Å². The fourth-order valence-electron chi connectivity index (χ4n) is 2.58. The summed E-state index contributed by atoms with van der Waals surface area (Å²) in [4.78, 5) is 29.0. The highest BCUT2D eigenvalue weighted by Gasteiger charge is 2.19. The Kier molecular flexibility index (Phi) is 3.54. The predicted octanol–water partition coefficient (Wildman–Crippen LogP) is 2.12. The van der Waals surface area contributed by atoms with Gasteiger partial charge in [0.15, 0.2) is 0 Å². The van der Waals surface area contributed by atoms with Crippen LogP contribution in [0.4, 0.5) is 10.5 Å². The number of carbonyl (C=O) groups excluding carboxylic acids is 2. The first kappa shape index (κ1) is 14.1. The molecule has 0 aliphatic carbocycles. The van der Waals surface area contributed by atoms with Crippen molar-refractivity contribution in [2.45, 2.75) is 13.8 Å². The number of urea groups is 1. The van der Waals surface area contributed by atoms with Gasteiger partial charge in [-0.15, -0.1) is 0 Å². The van der Waals surface area contributed by atoms with Gasteiger partial charge in [-0.3, -0.25) is 4.79 Å². The summed E-state index contributed by atoms with van der Waals surface area (Å²) in [7, 11) is 0. The number of nitrogens with zero attached hydrogens (tertiary/aromatic N) is 2. The highest BCUT2D eigenvalue weighted by Crippen LogP contribution is 2.27. The predicted molar refractivity (Wildman–Crippen MR) is 85.3 cm³/mol. The summed E-state index contributed by atoms with van der Waals surface area (Å²) in [5.74, 6) is -0.293. The molecule has 7 nitrogen and oxygen atoms in total. The van der Waals surface area contributed by atoms with Gasteiger partial charge >= 0.3 is 6.03 Å². The zero-order chi connectivity index (χ0) is 15.7. The largest absolute Gasteiger partial charge is 0.360 e. The molecule has 0 atom stereocenters. The number of aromatic amines is 1. The highest BCUT2D eigenvalue weighted by atomic mass is 16.2. The Hall–Kier alpha value is -2.83. The smallest absolute Gasteiger partial charge is 0.321 e. The molecule has 0 bridgehead atoms. The standard InChI is InChI=1S/C15H17N5O2/c1-3-20(4-2)15(22)18-10-5-11-13-9(7-16-12(13)6-10)8-17-19-14(11)21/h5-8,16H,3-4H2,1-2H3,(H,18,22)(H,19,21). The third-order valence-electron chi connectivity index (χ3n) is 3.73. The molecule has 3 N–H and O–H groups in total. The Labute approximate surface area is 127 Å². The van der Waals surface area contributed by atoms with Gasteiger partial charge in [-0.05, 0) is 26.0 Å². The molecule has 0 saturated carbocycles. The second-order valence-electron chi connectivity index (χ2n) is 4.99. The highest BCUT2D eigenvalue weighted by molar-refractivity contribution is 6.15. The first-order chi connectivity index (χ1) is 10.6. The van der Waals surface area contributed by atoms with Crippen molar-refractivity contribution in [2.75, 3.05) is 18.4 Å². The van der Waals surface area contributed by atoms with E-state index >= 15 is 0 Å². The van der Waals surface area contributed by atoms with Crippen LogP contribution in [0.5, 0.6) is 0 Å². The molecule has 114 valence electrons. The van der Waals surface area contributed by atoms with Crippen LogP contribution in [0.3, 0.4) is 0 Å². The average Bonchev–Trinajstić information content (AvgIpc) is 2.83. The van der Waals surface area contributed by atoms with Crippen LogP contribution in [-0.2, 0) is 0 Å². The number of nitrogens with one attached hydrogen (secondary N) is 3. The maximum absolute atomic E-state index is 12.2. The van der Waals surface area contributed by atoms with Gasteiger partial charge in [-0.1, -0.05) is 0 Å². The van der Waals surface area contributed by atoms with Crippen molar-refractivity contribution >= 4 is 34.7 Å². The van der Waals surface area contributed by atoms with E-state index in [-0.39, 0.29) is 11.9 Å². The maximum atomic E-state index is 12.2. The van der Waals surface area contributed by atoms with Crippen molar-refractivity contribution in [3.8, 4) is 0 Å². The van der Waals surface area contributed by atoms with Crippen molar-refractivity contribution < 1.29 is 9.59 Å². The van der Waals surface area contributed by atoms with Gasteiger partial charge in [-0.2, -0.15) is 5.10 Å². The zero-order valence-electron chi connectivity index (χ0n) is 12.4. The number of rotatable bonds is 3. The summed E-state index contributed by atoms with van der Waals surface area (Å²) < 4.78 is 0. The Morgan fingerprint density at radius 2 is 2.09 bits per heavy atom. The lowest BCUT2D eigenvalue weighted by Crippen LogP contribution is -2.34. The van der Waals surface area contributed by atoms with Crippen LogP contribution in [0, 0.1) is 0 Å². The molecule has 0 fully saturated rings. The molecule has 1 aromatic heterocycles. The van der Waals surface area contributed by atoms with Crippen LogP contribution in [0.25, 0.3) is 10.9 Å². The van der Waals surface area contributed by atoms with Crippen LogP contribution in [-0.4, -0.2) is 41.1 Å². The van der Waals surface area contributed by atoms with Crippen molar-refractivity contribution in [2.24, 2.45) is 5.10 Å². The number of anilines is 1. The lowest BCUT2D eigenvalue weighted by Gasteiger charge is -2.19. The van der Waals surface area contributed by atoms with Crippen LogP contribution in [0.1, 0.15) is 29.8 Å². The van der Waals surface area contributed by atoms with Gasteiger partial charge in [0.2, 0.25) is 0 Å². The number of benzene rings is 1. The molecule has 0 radical (unpaired) electrons. The second-order valence-corrected chi connectivity index (χ2v) is 4.99. The minimum atomic E-state index is -0.293. The van der Waals surface area contributed by atoms with Gasteiger partial charge in [-0.25, -0.2) is 10.2 Å². The Bertz CT molecular complexity index is 774. The first-order valence-electron chi connectivity index (χ1n) is 7.18. The SMILES string of the molecule is CCN(CC)C(=O)Nc1cc2c3c(c[nH]c3c1)C=NNC2=O. The number of carbonyl (C=O) groups is 2. The first-order valence-corrected chi connectivity index (χ1v) is 7.18. The van der Waals surface area contributed by atoms with E-state index in [1.165, 1.54) is 0 Å². The van der Waals surface area contributed by atoms with E-state index in [0.717, 1.165) is 16.5 Å². The quantitative estimate of drug-likeness (QED) is 0.810. The summed E-state index contributed by atoms with van der Waals surface area (Å²) in [5, 5.41) is 7.51. The van der Waals surface area contributed by atoms with Gasteiger partial charge in [0.25, 0.3) is 5.91 Å². The number of hydrazone groups is 1. The fraction of sp³-hybridized carbons (Fsp3) is 0.267. The number of H-pyrrole nitrogens is 1. The zero-order valence-corrected chi connectivity index (χ0v) is 12.4. The molecular formula is C15H17N5O2. The minimum Gasteiger partial charge on any atom is -0.360 e. The molecule has 3 amide bonds.